The van der Waals surface area contributed by atoms with Crippen molar-refractivity contribution in [1.82, 2.24) is 15.0 Å². The Morgan fingerprint density at radius 1 is 1.29 bits per heavy atom. The van der Waals surface area contributed by atoms with Crippen molar-refractivity contribution < 1.29 is 4.92 Å². The number of nitrogens with zero attached hydrogens (tertiary/aromatic N) is 4. The number of hydrogen-bond donors (Lipinski definition) is 2. The molecular formula is C13H16N6O2. The predicted molar refractivity (Wildman–Crippen MR) is 79.0 cm³/mol. The van der Waals surface area contributed by atoms with Crippen LogP contribution in [0.4, 0.5) is 17.3 Å². The molecule has 0 unspecified atom stereocenters. The van der Waals surface area contributed by atoms with Gasteiger partial charge in [0, 0.05) is 25.5 Å². The molecule has 0 atom stereocenters. The van der Waals surface area contributed by atoms with E-state index in [1.54, 1.807) is 18.5 Å². The van der Waals surface area contributed by atoms with E-state index in [0.29, 0.717) is 13.1 Å². The Hall–Kier alpha value is -2.77. The average molecular weight is 288 g/mol. The molecule has 0 radical (unpaired) electrons. The van der Waals surface area contributed by atoms with Crippen molar-refractivity contribution in [3.8, 4) is 0 Å². The summed E-state index contributed by atoms with van der Waals surface area (Å²) in [6.07, 6.45) is 5.51. The molecule has 8 heteroatoms. The Bertz CT molecular complexity index is 605. The van der Waals surface area contributed by atoms with Gasteiger partial charge in [-0.1, -0.05) is 13.0 Å². The molecule has 2 aromatic rings. The van der Waals surface area contributed by atoms with Crippen LogP contribution in [0, 0.1) is 10.1 Å². The highest BCUT2D eigenvalue weighted by Crippen LogP contribution is 2.28. The zero-order valence-electron chi connectivity index (χ0n) is 11.6. The number of pyridine rings is 1. The van der Waals surface area contributed by atoms with E-state index < -0.39 is 4.92 Å². The summed E-state index contributed by atoms with van der Waals surface area (Å²) < 4.78 is 0. The van der Waals surface area contributed by atoms with E-state index in [9.17, 15) is 10.1 Å². The monoisotopic (exact) mass is 288 g/mol. The first-order chi connectivity index (χ1) is 10.2. The highest BCUT2D eigenvalue weighted by Gasteiger charge is 2.22. The number of hydrogen-bond acceptors (Lipinski definition) is 7. The van der Waals surface area contributed by atoms with Crippen molar-refractivity contribution >= 4 is 17.3 Å². The number of anilines is 2. The van der Waals surface area contributed by atoms with E-state index in [0.717, 1.165) is 12.0 Å². The minimum absolute atomic E-state index is 0.144. The van der Waals surface area contributed by atoms with Gasteiger partial charge < -0.3 is 10.6 Å². The summed E-state index contributed by atoms with van der Waals surface area (Å²) in [5, 5.41) is 17.1. The zero-order chi connectivity index (χ0) is 15.1. The van der Waals surface area contributed by atoms with Gasteiger partial charge in [0.1, 0.15) is 6.33 Å². The standard InChI is InChI=1S/C13H16N6O2/c1-2-5-15-12-11(19(20)21)13(18-9-17-12)16-8-10-4-3-6-14-7-10/h3-4,6-7,9H,2,5,8H2,1H3,(H2,15,16,17,18). The first-order valence-electron chi connectivity index (χ1n) is 6.58. The topological polar surface area (TPSA) is 106 Å². The zero-order valence-corrected chi connectivity index (χ0v) is 11.6. The summed E-state index contributed by atoms with van der Waals surface area (Å²) in [5.41, 5.74) is 0.767. The summed E-state index contributed by atoms with van der Waals surface area (Å²) >= 11 is 0. The van der Waals surface area contributed by atoms with E-state index in [4.69, 9.17) is 0 Å². The van der Waals surface area contributed by atoms with Gasteiger partial charge in [-0.05, 0) is 18.1 Å². The SMILES string of the molecule is CCCNc1ncnc(NCc2cccnc2)c1[N+](=O)[O-]. The molecule has 0 bridgehead atoms. The Balaban J connectivity index is 2.20. The van der Waals surface area contributed by atoms with Gasteiger partial charge in [0.05, 0.1) is 4.92 Å². The van der Waals surface area contributed by atoms with Crippen molar-refractivity contribution in [2.75, 3.05) is 17.2 Å². The summed E-state index contributed by atoms with van der Waals surface area (Å²) in [6, 6.07) is 3.68. The van der Waals surface area contributed by atoms with Crippen molar-refractivity contribution in [2.24, 2.45) is 0 Å². The van der Waals surface area contributed by atoms with Gasteiger partial charge in [0.25, 0.3) is 0 Å². The number of aromatic nitrogens is 3. The molecule has 2 heterocycles. The summed E-state index contributed by atoms with van der Waals surface area (Å²) in [5.74, 6) is 0.419. The maximum atomic E-state index is 11.3. The van der Waals surface area contributed by atoms with Crippen LogP contribution in [0.2, 0.25) is 0 Å². The van der Waals surface area contributed by atoms with Crippen LogP contribution in [0.3, 0.4) is 0 Å². The fourth-order valence-corrected chi connectivity index (χ4v) is 1.74. The van der Waals surface area contributed by atoms with Crippen molar-refractivity contribution in [3.63, 3.8) is 0 Å². The Morgan fingerprint density at radius 2 is 2.05 bits per heavy atom. The van der Waals surface area contributed by atoms with Crippen molar-refractivity contribution in [2.45, 2.75) is 19.9 Å². The molecule has 0 aliphatic heterocycles. The minimum atomic E-state index is -0.483. The highest BCUT2D eigenvalue weighted by molar-refractivity contribution is 5.69. The normalized spacial score (nSPS) is 10.1. The second-order valence-corrected chi connectivity index (χ2v) is 4.32. The predicted octanol–water partition coefficient (Wildman–Crippen LogP) is 2.21. The number of rotatable bonds is 7. The quantitative estimate of drug-likeness (QED) is 0.594. The summed E-state index contributed by atoms with van der Waals surface area (Å²) in [4.78, 5) is 22.7. The molecular weight excluding hydrogens is 272 g/mol. The van der Waals surface area contributed by atoms with E-state index >= 15 is 0 Å². The highest BCUT2D eigenvalue weighted by atomic mass is 16.6. The molecule has 0 saturated heterocycles. The van der Waals surface area contributed by atoms with Crippen LogP contribution < -0.4 is 10.6 Å². The lowest BCUT2D eigenvalue weighted by molar-refractivity contribution is -0.383. The van der Waals surface area contributed by atoms with E-state index in [1.807, 2.05) is 13.0 Å². The van der Waals surface area contributed by atoms with Gasteiger partial charge in [-0.15, -0.1) is 0 Å². The van der Waals surface area contributed by atoms with Crippen LogP contribution in [-0.2, 0) is 6.54 Å². The third-order valence-corrected chi connectivity index (χ3v) is 2.73. The molecule has 110 valence electrons. The molecule has 0 fully saturated rings. The lowest BCUT2D eigenvalue weighted by atomic mass is 10.3. The molecule has 2 aromatic heterocycles. The van der Waals surface area contributed by atoms with E-state index in [1.165, 1.54) is 6.33 Å². The molecule has 0 aliphatic rings. The van der Waals surface area contributed by atoms with Gasteiger partial charge in [-0.2, -0.15) is 0 Å². The second-order valence-electron chi connectivity index (χ2n) is 4.32. The molecule has 0 spiro atoms. The Kier molecular flexibility index (Phi) is 4.97. The van der Waals surface area contributed by atoms with E-state index in [-0.39, 0.29) is 17.3 Å². The Morgan fingerprint density at radius 3 is 2.67 bits per heavy atom. The van der Waals surface area contributed by atoms with Crippen LogP contribution in [0.5, 0.6) is 0 Å². The molecule has 8 nitrogen and oxygen atoms in total. The number of nitrogens with one attached hydrogen (secondary N) is 2. The van der Waals surface area contributed by atoms with Gasteiger partial charge >= 0.3 is 5.69 Å². The average Bonchev–Trinajstić information content (AvgIpc) is 2.51. The molecule has 0 aromatic carbocycles. The third-order valence-electron chi connectivity index (χ3n) is 2.73. The van der Waals surface area contributed by atoms with Crippen LogP contribution in [0.1, 0.15) is 18.9 Å². The lowest BCUT2D eigenvalue weighted by Crippen LogP contribution is -2.10. The first-order valence-corrected chi connectivity index (χ1v) is 6.58. The van der Waals surface area contributed by atoms with E-state index in [2.05, 4.69) is 25.6 Å². The maximum absolute atomic E-state index is 11.3. The molecule has 21 heavy (non-hydrogen) atoms. The van der Waals surface area contributed by atoms with Crippen LogP contribution in [-0.4, -0.2) is 26.4 Å². The molecule has 2 N–H and O–H groups in total. The largest absolute Gasteiger partial charge is 0.364 e. The molecule has 2 rings (SSSR count). The minimum Gasteiger partial charge on any atom is -0.364 e. The van der Waals surface area contributed by atoms with Gasteiger partial charge in [-0.25, -0.2) is 9.97 Å². The fraction of sp³-hybridized carbons (Fsp3) is 0.308. The summed E-state index contributed by atoms with van der Waals surface area (Å²) in [7, 11) is 0. The van der Waals surface area contributed by atoms with Gasteiger partial charge in [0.15, 0.2) is 0 Å². The molecule has 0 amide bonds. The third kappa shape index (κ3) is 3.85. The number of nitro groups is 1. The second kappa shape index (κ2) is 7.13. The summed E-state index contributed by atoms with van der Waals surface area (Å²) in [6.45, 7) is 2.99. The van der Waals surface area contributed by atoms with Crippen LogP contribution in [0.25, 0.3) is 0 Å². The maximum Gasteiger partial charge on any atom is 0.353 e. The fourth-order valence-electron chi connectivity index (χ4n) is 1.74. The van der Waals surface area contributed by atoms with Crippen LogP contribution in [0.15, 0.2) is 30.9 Å². The van der Waals surface area contributed by atoms with Crippen molar-refractivity contribution in [1.29, 1.82) is 0 Å². The van der Waals surface area contributed by atoms with Gasteiger partial charge in [0.2, 0.25) is 11.6 Å². The van der Waals surface area contributed by atoms with Crippen LogP contribution >= 0.6 is 0 Å². The smallest absolute Gasteiger partial charge is 0.353 e. The lowest BCUT2D eigenvalue weighted by Gasteiger charge is -2.09. The molecule has 0 saturated carbocycles. The van der Waals surface area contributed by atoms with Crippen molar-refractivity contribution in [3.05, 3.63) is 46.5 Å². The molecule has 0 aliphatic carbocycles. The Labute approximate surface area is 121 Å². The first kappa shape index (κ1) is 14.6. The van der Waals surface area contributed by atoms with Gasteiger partial charge in [-0.3, -0.25) is 15.1 Å².